The molecule has 150 valence electrons. The Balaban J connectivity index is 1.46. The van der Waals surface area contributed by atoms with Gasteiger partial charge in [0.25, 0.3) is 11.8 Å². The summed E-state index contributed by atoms with van der Waals surface area (Å²) in [6.07, 6.45) is 0. The average molecular weight is 400 g/mol. The second kappa shape index (κ2) is 8.48. The lowest BCUT2D eigenvalue weighted by atomic mass is 10.1. The number of anilines is 1. The monoisotopic (exact) mass is 400 g/mol. The highest BCUT2D eigenvalue weighted by Gasteiger charge is 2.14. The molecule has 7 heteroatoms. The highest BCUT2D eigenvalue weighted by Crippen LogP contribution is 2.18. The number of amides is 2. The molecule has 3 aromatic carbocycles. The molecule has 0 aliphatic heterocycles. The SMILES string of the molecule is COc1ccc(C(=O)Nc2ccccc2C(=O)NCc2nc3ccccc3[nH]2)cc1. The molecule has 1 aromatic heterocycles. The molecule has 30 heavy (non-hydrogen) atoms. The number of para-hydroxylation sites is 3. The normalized spacial score (nSPS) is 10.6. The van der Waals surface area contributed by atoms with Gasteiger partial charge in [-0.25, -0.2) is 4.98 Å². The Morgan fingerprint density at radius 1 is 0.933 bits per heavy atom. The molecule has 0 bridgehead atoms. The number of ether oxygens (including phenoxy) is 1. The maximum absolute atomic E-state index is 12.7. The first-order valence-corrected chi connectivity index (χ1v) is 9.40. The van der Waals surface area contributed by atoms with Crippen molar-refractivity contribution in [1.82, 2.24) is 15.3 Å². The van der Waals surface area contributed by atoms with E-state index in [4.69, 9.17) is 4.74 Å². The summed E-state index contributed by atoms with van der Waals surface area (Å²) in [6, 6.07) is 21.3. The minimum atomic E-state index is -0.310. The number of methoxy groups -OCH3 is 1. The molecule has 7 nitrogen and oxygen atoms in total. The minimum Gasteiger partial charge on any atom is -0.497 e. The van der Waals surface area contributed by atoms with Gasteiger partial charge in [0, 0.05) is 5.56 Å². The number of carbonyl (C=O) groups is 2. The lowest BCUT2D eigenvalue weighted by Crippen LogP contribution is -2.25. The molecule has 4 rings (SSSR count). The van der Waals surface area contributed by atoms with Gasteiger partial charge in [0.05, 0.1) is 35.9 Å². The molecule has 0 saturated carbocycles. The Kier molecular flexibility index (Phi) is 5.43. The number of rotatable bonds is 6. The van der Waals surface area contributed by atoms with E-state index in [0.29, 0.717) is 28.4 Å². The first kappa shape index (κ1) is 19.2. The van der Waals surface area contributed by atoms with Crippen molar-refractivity contribution in [3.05, 3.63) is 89.7 Å². The van der Waals surface area contributed by atoms with Gasteiger partial charge in [-0.15, -0.1) is 0 Å². The molecule has 0 fully saturated rings. The Hall–Kier alpha value is -4.13. The molecule has 0 unspecified atom stereocenters. The van der Waals surface area contributed by atoms with Gasteiger partial charge in [-0.05, 0) is 48.5 Å². The van der Waals surface area contributed by atoms with Crippen molar-refractivity contribution < 1.29 is 14.3 Å². The lowest BCUT2D eigenvalue weighted by molar-refractivity contribution is 0.0951. The van der Waals surface area contributed by atoms with Gasteiger partial charge in [0.1, 0.15) is 11.6 Å². The van der Waals surface area contributed by atoms with Crippen LogP contribution in [0.1, 0.15) is 26.5 Å². The summed E-state index contributed by atoms with van der Waals surface area (Å²) in [5.41, 5.74) is 3.02. The Morgan fingerprint density at radius 2 is 1.67 bits per heavy atom. The number of aromatic nitrogens is 2. The molecular weight excluding hydrogens is 380 g/mol. The van der Waals surface area contributed by atoms with E-state index in [1.165, 1.54) is 0 Å². The number of H-pyrrole nitrogens is 1. The summed E-state index contributed by atoms with van der Waals surface area (Å²) < 4.78 is 5.11. The van der Waals surface area contributed by atoms with Crippen LogP contribution in [0.3, 0.4) is 0 Å². The quantitative estimate of drug-likeness (QED) is 0.459. The van der Waals surface area contributed by atoms with Crippen molar-refractivity contribution in [2.75, 3.05) is 12.4 Å². The van der Waals surface area contributed by atoms with E-state index in [2.05, 4.69) is 20.6 Å². The number of hydrogen-bond donors (Lipinski definition) is 3. The van der Waals surface area contributed by atoms with Crippen LogP contribution < -0.4 is 15.4 Å². The zero-order valence-corrected chi connectivity index (χ0v) is 16.3. The van der Waals surface area contributed by atoms with E-state index >= 15 is 0 Å². The predicted octanol–water partition coefficient (Wildman–Crippen LogP) is 3.75. The fourth-order valence-electron chi connectivity index (χ4n) is 3.08. The van der Waals surface area contributed by atoms with Gasteiger partial charge >= 0.3 is 0 Å². The van der Waals surface area contributed by atoms with Crippen LogP contribution >= 0.6 is 0 Å². The summed E-state index contributed by atoms with van der Waals surface area (Å²) in [7, 11) is 1.56. The summed E-state index contributed by atoms with van der Waals surface area (Å²) >= 11 is 0. The summed E-state index contributed by atoms with van der Waals surface area (Å²) in [5, 5.41) is 5.65. The van der Waals surface area contributed by atoms with Crippen LogP contribution in [0.25, 0.3) is 11.0 Å². The average Bonchev–Trinajstić information content (AvgIpc) is 3.21. The van der Waals surface area contributed by atoms with Gasteiger partial charge < -0.3 is 20.4 Å². The maximum atomic E-state index is 12.7. The van der Waals surface area contributed by atoms with E-state index < -0.39 is 0 Å². The van der Waals surface area contributed by atoms with Gasteiger partial charge in [0.2, 0.25) is 0 Å². The largest absolute Gasteiger partial charge is 0.497 e. The van der Waals surface area contributed by atoms with Crippen LogP contribution in [0.2, 0.25) is 0 Å². The second-order valence-electron chi connectivity index (χ2n) is 6.61. The van der Waals surface area contributed by atoms with Crippen LogP contribution in [0, 0.1) is 0 Å². The number of fused-ring (bicyclic) bond motifs is 1. The predicted molar refractivity (Wildman–Crippen MR) is 115 cm³/mol. The number of nitrogens with zero attached hydrogens (tertiary/aromatic N) is 1. The summed E-state index contributed by atoms with van der Waals surface area (Å²) in [6.45, 7) is 0.244. The number of carbonyl (C=O) groups excluding carboxylic acids is 2. The first-order chi connectivity index (χ1) is 14.6. The van der Waals surface area contributed by atoms with Crippen molar-refractivity contribution in [3.63, 3.8) is 0 Å². The van der Waals surface area contributed by atoms with Gasteiger partial charge in [-0.3, -0.25) is 9.59 Å². The molecule has 3 N–H and O–H groups in total. The van der Waals surface area contributed by atoms with Crippen molar-refractivity contribution >= 4 is 28.5 Å². The lowest BCUT2D eigenvalue weighted by Gasteiger charge is -2.11. The van der Waals surface area contributed by atoms with Crippen molar-refractivity contribution in [3.8, 4) is 5.75 Å². The van der Waals surface area contributed by atoms with Crippen molar-refractivity contribution in [1.29, 1.82) is 0 Å². The van der Waals surface area contributed by atoms with Gasteiger partial charge in [-0.1, -0.05) is 24.3 Å². The fourth-order valence-corrected chi connectivity index (χ4v) is 3.08. The molecular formula is C23H20N4O3. The van der Waals surface area contributed by atoms with E-state index in [-0.39, 0.29) is 18.4 Å². The van der Waals surface area contributed by atoms with Crippen LogP contribution in [-0.2, 0) is 6.54 Å². The third kappa shape index (κ3) is 4.15. The summed E-state index contributed by atoms with van der Waals surface area (Å²) in [4.78, 5) is 32.9. The molecule has 0 aliphatic rings. The van der Waals surface area contributed by atoms with Crippen LogP contribution in [0.5, 0.6) is 5.75 Å². The Labute approximate surface area is 173 Å². The molecule has 4 aromatic rings. The Morgan fingerprint density at radius 3 is 2.43 bits per heavy atom. The smallest absolute Gasteiger partial charge is 0.255 e. The van der Waals surface area contributed by atoms with E-state index in [0.717, 1.165) is 11.0 Å². The molecule has 0 radical (unpaired) electrons. The van der Waals surface area contributed by atoms with Crippen molar-refractivity contribution in [2.45, 2.75) is 6.54 Å². The standard InChI is InChI=1S/C23H20N4O3/c1-30-16-12-10-15(11-13-16)22(28)27-18-7-3-2-6-17(18)23(29)24-14-21-25-19-8-4-5-9-20(19)26-21/h2-13H,14H2,1H3,(H,24,29)(H,25,26)(H,27,28). The van der Waals surface area contributed by atoms with Gasteiger partial charge in [0.15, 0.2) is 0 Å². The summed E-state index contributed by atoms with van der Waals surface area (Å²) in [5.74, 6) is 0.706. The number of hydrogen-bond acceptors (Lipinski definition) is 4. The zero-order valence-electron chi connectivity index (χ0n) is 16.3. The third-order valence-corrected chi connectivity index (χ3v) is 4.63. The molecule has 0 saturated heterocycles. The van der Waals surface area contributed by atoms with Crippen LogP contribution in [0.15, 0.2) is 72.8 Å². The van der Waals surface area contributed by atoms with Crippen LogP contribution in [-0.4, -0.2) is 28.9 Å². The Bertz CT molecular complexity index is 1170. The molecule has 1 heterocycles. The second-order valence-corrected chi connectivity index (χ2v) is 6.61. The number of benzene rings is 3. The highest BCUT2D eigenvalue weighted by molar-refractivity contribution is 6.09. The zero-order chi connectivity index (χ0) is 20.9. The molecule has 0 atom stereocenters. The highest BCUT2D eigenvalue weighted by atomic mass is 16.5. The van der Waals surface area contributed by atoms with E-state index in [1.807, 2.05) is 24.3 Å². The molecule has 2 amide bonds. The van der Waals surface area contributed by atoms with E-state index in [9.17, 15) is 9.59 Å². The first-order valence-electron chi connectivity index (χ1n) is 9.40. The topological polar surface area (TPSA) is 96.1 Å². The number of nitrogens with one attached hydrogen (secondary N) is 3. The third-order valence-electron chi connectivity index (χ3n) is 4.63. The minimum absolute atomic E-state index is 0.244. The van der Waals surface area contributed by atoms with E-state index in [1.54, 1.807) is 55.6 Å². The number of imidazole rings is 1. The fraction of sp³-hybridized carbons (Fsp3) is 0.0870. The molecule has 0 spiro atoms. The van der Waals surface area contributed by atoms with Crippen LogP contribution in [0.4, 0.5) is 5.69 Å². The number of aromatic amines is 1. The maximum Gasteiger partial charge on any atom is 0.255 e. The molecule has 0 aliphatic carbocycles. The van der Waals surface area contributed by atoms with Gasteiger partial charge in [-0.2, -0.15) is 0 Å². The van der Waals surface area contributed by atoms with Crippen molar-refractivity contribution in [2.24, 2.45) is 0 Å².